The number of anilines is 1. The maximum Gasteiger partial charge on any atom is 0.143 e. The monoisotopic (exact) mass is 373 g/mol. The molecule has 3 aromatic rings. The molecule has 0 bridgehead atoms. The highest BCUT2D eigenvalue weighted by molar-refractivity contribution is 9.10. The number of rotatable bonds is 2. The zero-order chi connectivity index (χ0) is 14.9. The Labute approximate surface area is 140 Å². The zero-order valence-corrected chi connectivity index (χ0v) is 13.9. The summed E-state index contributed by atoms with van der Waals surface area (Å²) in [6.07, 6.45) is 3.57. The Morgan fingerprint density at radius 3 is 2.95 bits per heavy atom. The number of nitrogens with zero attached hydrogens (tertiary/aromatic N) is 2. The fraction of sp³-hybridized carbons (Fsp3) is 0.125. The third-order valence-electron chi connectivity index (χ3n) is 3.41. The van der Waals surface area contributed by atoms with Crippen molar-refractivity contribution in [1.29, 1.82) is 0 Å². The third-order valence-corrected chi connectivity index (χ3v) is 5.12. The highest BCUT2D eigenvalue weighted by atomic mass is 79.9. The van der Waals surface area contributed by atoms with Gasteiger partial charge in [0.15, 0.2) is 0 Å². The quantitative estimate of drug-likeness (QED) is 0.721. The predicted octanol–water partition coefficient (Wildman–Crippen LogP) is 4.44. The van der Waals surface area contributed by atoms with Gasteiger partial charge in [0.05, 0.1) is 34.3 Å². The molecule has 0 amide bonds. The number of halogens is 1. The van der Waals surface area contributed by atoms with Gasteiger partial charge >= 0.3 is 0 Å². The van der Waals surface area contributed by atoms with Crippen molar-refractivity contribution in [3.05, 3.63) is 46.5 Å². The molecule has 0 saturated carbocycles. The molecule has 1 aliphatic rings. The van der Waals surface area contributed by atoms with Gasteiger partial charge in [0, 0.05) is 22.0 Å². The first-order chi connectivity index (χ1) is 10.8. The van der Waals surface area contributed by atoms with Gasteiger partial charge in [-0.05, 0) is 34.1 Å². The van der Waals surface area contributed by atoms with E-state index in [1.807, 2.05) is 23.6 Å². The number of hydrogen-bond acceptors (Lipinski definition) is 5. The Hall–Kier alpha value is -1.92. The number of benzene rings is 1. The molecule has 2 aromatic heterocycles. The molecule has 1 N–H and O–H groups in total. The molecule has 1 aliphatic heterocycles. The van der Waals surface area contributed by atoms with Crippen LogP contribution in [-0.2, 0) is 0 Å². The van der Waals surface area contributed by atoms with E-state index in [1.165, 1.54) is 0 Å². The topological polar surface area (TPSA) is 47.0 Å². The van der Waals surface area contributed by atoms with E-state index in [0.717, 1.165) is 44.3 Å². The lowest BCUT2D eigenvalue weighted by molar-refractivity contribution is 0.323. The predicted molar refractivity (Wildman–Crippen MR) is 92.5 cm³/mol. The number of hydrogen-bond donors (Lipinski definition) is 1. The normalized spacial score (nSPS) is 13.1. The number of fused-ring (bicyclic) bond motifs is 1. The van der Waals surface area contributed by atoms with E-state index in [1.54, 1.807) is 23.7 Å². The maximum atomic E-state index is 5.69. The Morgan fingerprint density at radius 2 is 2.09 bits per heavy atom. The fourth-order valence-corrected chi connectivity index (χ4v) is 3.75. The lowest BCUT2D eigenvalue weighted by Gasteiger charge is -2.19. The van der Waals surface area contributed by atoms with Gasteiger partial charge in [0.2, 0.25) is 0 Å². The first-order valence-electron chi connectivity index (χ1n) is 6.87. The summed E-state index contributed by atoms with van der Waals surface area (Å²) in [5, 5.41) is 5.36. The van der Waals surface area contributed by atoms with Crippen LogP contribution >= 0.6 is 27.3 Å². The van der Waals surface area contributed by atoms with Gasteiger partial charge in [0.1, 0.15) is 12.4 Å². The molecule has 4 rings (SSSR count). The van der Waals surface area contributed by atoms with Crippen LogP contribution in [0.25, 0.3) is 21.8 Å². The minimum absolute atomic E-state index is 0.686. The fourth-order valence-electron chi connectivity index (χ4n) is 2.36. The van der Waals surface area contributed by atoms with E-state index in [-0.39, 0.29) is 0 Å². The van der Waals surface area contributed by atoms with Crippen molar-refractivity contribution < 1.29 is 4.74 Å². The Bertz CT molecular complexity index is 834. The molecule has 1 aromatic carbocycles. The Balaban J connectivity index is 1.73. The number of aromatic nitrogens is 2. The van der Waals surface area contributed by atoms with Gasteiger partial charge in [-0.25, -0.2) is 4.98 Å². The van der Waals surface area contributed by atoms with Crippen molar-refractivity contribution in [2.45, 2.75) is 0 Å². The van der Waals surface area contributed by atoms with E-state index in [0.29, 0.717) is 6.61 Å². The summed E-state index contributed by atoms with van der Waals surface area (Å²) in [6, 6.07) is 8.14. The zero-order valence-electron chi connectivity index (χ0n) is 11.5. The summed E-state index contributed by atoms with van der Waals surface area (Å²) >= 11 is 5.12. The molecule has 3 heterocycles. The minimum Gasteiger partial charge on any atom is -0.490 e. The molecule has 110 valence electrons. The van der Waals surface area contributed by atoms with Gasteiger partial charge in [-0.2, -0.15) is 0 Å². The third kappa shape index (κ3) is 2.60. The second kappa shape index (κ2) is 5.70. The minimum atomic E-state index is 0.686. The Morgan fingerprint density at radius 1 is 1.18 bits per heavy atom. The van der Waals surface area contributed by atoms with E-state index >= 15 is 0 Å². The second-order valence-electron chi connectivity index (χ2n) is 4.90. The van der Waals surface area contributed by atoms with Crippen molar-refractivity contribution in [2.24, 2.45) is 0 Å². The van der Waals surface area contributed by atoms with Crippen LogP contribution in [0.15, 0.2) is 46.5 Å². The summed E-state index contributed by atoms with van der Waals surface area (Å²) < 4.78 is 6.75. The molecular weight excluding hydrogens is 362 g/mol. The van der Waals surface area contributed by atoms with E-state index in [4.69, 9.17) is 9.72 Å². The van der Waals surface area contributed by atoms with E-state index in [2.05, 4.69) is 32.3 Å². The van der Waals surface area contributed by atoms with Crippen LogP contribution in [0.3, 0.4) is 0 Å². The SMILES string of the molecule is Brc1csc(-c2cncc(-c3ccc4c(c3)OCCN4)n2)c1. The smallest absolute Gasteiger partial charge is 0.143 e. The standard InChI is InChI=1S/C16H12BrN3OS/c17-11-6-16(22-9-11)14-8-18-7-13(20-14)10-1-2-12-15(5-10)21-4-3-19-12/h1-2,5-9,19H,3-4H2. The average molecular weight is 374 g/mol. The molecule has 4 nitrogen and oxygen atoms in total. The Kier molecular flexibility index (Phi) is 3.56. The largest absolute Gasteiger partial charge is 0.490 e. The highest BCUT2D eigenvalue weighted by Crippen LogP contribution is 2.33. The molecular formula is C16H12BrN3OS. The molecule has 6 heteroatoms. The van der Waals surface area contributed by atoms with Gasteiger partial charge in [-0.3, -0.25) is 4.98 Å². The lowest BCUT2D eigenvalue weighted by Crippen LogP contribution is -2.17. The second-order valence-corrected chi connectivity index (χ2v) is 6.73. The number of ether oxygens (including phenoxy) is 1. The molecule has 0 radical (unpaired) electrons. The molecule has 22 heavy (non-hydrogen) atoms. The van der Waals surface area contributed by atoms with Crippen molar-refractivity contribution in [3.8, 4) is 27.6 Å². The summed E-state index contributed by atoms with van der Waals surface area (Å²) in [4.78, 5) is 10.2. The summed E-state index contributed by atoms with van der Waals surface area (Å²) in [6.45, 7) is 1.53. The number of nitrogens with one attached hydrogen (secondary N) is 1. The van der Waals surface area contributed by atoms with E-state index < -0.39 is 0 Å². The van der Waals surface area contributed by atoms with Crippen molar-refractivity contribution >= 4 is 33.0 Å². The van der Waals surface area contributed by atoms with Crippen LogP contribution in [0.1, 0.15) is 0 Å². The van der Waals surface area contributed by atoms with Crippen LogP contribution in [0.4, 0.5) is 5.69 Å². The van der Waals surface area contributed by atoms with Gasteiger partial charge in [-0.15, -0.1) is 11.3 Å². The van der Waals surface area contributed by atoms with Crippen LogP contribution in [0, 0.1) is 0 Å². The van der Waals surface area contributed by atoms with Gasteiger partial charge in [0.25, 0.3) is 0 Å². The highest BCUT2D eigenvalue weighted by Gasteiger charge is 2.12. The van der Waals surface area contributed by atoms with Crippen LogP contribution in [0.5, 0.6) is 5.75 Å². The summed E-state index contributed by atoms with van der Waals surface area (Å²) in [5.74, 6) is 0.870. The molecule has 0 fully saturated rings. The van der Waals surface area contributed by atoms with Crippen molar-refractivity contribution in [1.82, 2.24) is 9.97 Å². The summed E-state index contributed by atoms with van der Waals surface area (Å²) in [7, 11) is 0. The summed E-state index contributed by atoms with van der Waals surface area (Å²) in [5.41, 5.74) is 3.76. The lowest BCUT2D eigenvalue weighted by atomic mass is 10.1. The number of thiophene rings is 1. The van der Waals surface area contributed by atoms with E-state index in [9.17, 15) is 0 Å². The first kappa shape index (κ1) is 13.7. The van der Waals surface area contributed by atoms with Crippen molar-refractivity contribution in [3.63, 3.8) is 0 Å². The molecule has 0 unspecified atom stereocenters. The van der Waals surface area contributed by atoms with Crippen LogP contribution in [-0.4, -0.2) is 23.1 Å². The molecule has 0 atom stereocenters. The van der Waals surface area contributed by atoms with Gasteiger partial charge in [-0.1, -0.05) is 6.07 Å². The molecule has 0 spiro atoms. The van der Waals surface area contributed by atoms with Crippen LogP contribution < -0.4 is 10.1 Å². The first-order valence-corrected chi connectivity index (χ1v) is 8.54. The van der Waals surface area contributed by atoms with Crippen molar-refractivity contribution in [2.75, 3.05) is 18.5 Å². The average Bonchev–Trinajstić information content (AvgIpc) is 3.01. The van der Waals surface area contributed by atoms with Crippen LogP contribution in [0.2, 0.25) is 0 Å². The molecule has 0 aliphatic carbocycles. The van der Waals surface area contributed by atoms with Gasteiger partial charge < -0.3 is 10.1 Å². The maximum absolute atomic E-state index is 5.69. The molecule has 0 saturated heterocycles.